The van der Waals surface area contributed by atoms with Crippen LogP contribution in [0.4, 0.5) is 0 Å². The van der Waals surface area contributed by atoms with E-state index in [1.807, 2.05) is 19.1 Å². The highest BCUT2D eigenvalue weighted by atomic mass is 79.9. The van der Waals surface area contributed by atoms with Gasteiger partial charge in [0.2, 0.25) is 0 Å². The van der Waals surface area contributed by atoms with E-state index in [1.54, 1.807) is 0 Å². The number of unbranched alkanes of at least 4 members (excludes halogenated alkanes) is 2. The molecule has 186 valence electrons. The van der Waals surface area contributed by atoms with E-state index in [-0.39, 0.29) is 34.8 Å². The van der Waals surface area contributed by atoms with Gasteiger partial charge in [-0.2, -0.15) is 0 Å². The quantitative estimate of drug-likeness (QED) is 0.135. The number of aliphatic hydroxyl groups is 2. The van der Waals surface area contributed by atoms with E-state index in [1.165, 1.54) is 0 Å². The summed E-state index contributed by atoms with van der Waals surface area (Å²) in [7, 11) is 0. The molecular weight excluding hydrogens is 476 g/mol. The summed E-state index contributed by atoms with van der Waals surface area (Å²) in [6.45, 7) is 5.66. The van der Waals surface area contributed by atoms with Crippen LogP contribution in [-0.2, 0) is 19.0 Å². The van der Waals surface area contributed by atoms with Crippen molar-refractivity contribution in [3.63, 3.8) is 0 Å². The second-order valence-corrected chi connectivity index (χ2v) is 10.4. The van der Waals surface area contributed by atoms with Crippen LogP contribution in [0.25, 0.3) is 0 Å². The van der Waals surface area contributed by atoms with E-state index < -0.39 is 12.2 Å². The molecule has 2 aliphatic rings. The van der Waals surface area contributed by atoms with Crippen LogP contribution in [0.3, 0.4) is 0 Å². The number of carbonyl (C=O) groups is 1. The fraction of sp³-hybridized carbons (Fsp3) is 0.880. The molecule has 0 bridgehead atoms. The highest BCUT2D eigenvalue weighted by Crippen LogP contribution is 2.46. The zero-order valence-electron chi connectivity index (χ0n) is 19.8. The maximum Gasteiger partial charge on any atom is 0.305 e. The van der Waals surface area contributed by atoms with Gasteiger partial charge in [0, 0.05) is 30.2 Å². The number of alkyl halides is 1. The molecule has 2 unspecified atom stereocenters. The maximum absolute atomic E-state index is 11.8. The first-order valence-electron chi connectivity index (χ1n) is 12.5. The normalized spacial score (nSPS) is 29.3. The first-order chi connectivity index (χ1) is 15.5. The Morgan fingerprint density at radius 3 is 2.69 bits per heavy atom. The van der Waals surface area contributed by atoms with Gasteiger partial charge in [0.25, 0.3) is 0 Å². The number of esters is 1. The van der Waals surface area contributed by atoms with Crippen LogP contribution in [0.2, 0.25) is 0 Å². The SMILES string of the molecule is CCCCC[C@H](O)/C=C/[C@@H]1[C@H]2CC(C(Br)CCCC(=O)OCCOCCC)O[C@@H]2C[C@H]1O. The van der Waals surface area contributed by atoms with Gasteiger partial charge in [-0.25, -0.2) is 0 Å². The van der Waals surface area contributed by atoms with Crippen LogP contribution < -0.4 is 0 Å². The number of ether oxygens (including phenoxy) is 3. The lowest BCUT2D eigenvalue weighted by molar-refractivity contribution is -0.145. The Balaban J connectivity index is 1.68. The van der Waals surface area contributed by atoms with E-state index in [0.29, 0.717) is 32.7 Å². The molecule has 0 spiro atoms. The number of carbonyl (C=O) groups excluding carboxylic acids is 1. The Morgan fingerprint density at radius 1 is 1.12 bits per heavy atom. The fourth-order valence-electron chi connectivity index (χ4n) is 4.74. The maximum atomic E-state index is 11.8. The molecular formula is C25H43BrO6. The molecule has 0 amide bonds. The summed E-state index contributed by atoms with van der Waals surface area (Å²) in [5, 5.41) is 20.7. The molecule has 2 rings (SSSR count). The number of fused-ring (bicyclic) bond motifs is 1. The summed E-state index contributed by atoms with van der Waals surface area (Å²) < 4.78 is 16.8. The van der Waals surface area contributed by atoms with E-state index in [4.69, 9.17) is 14.2 Å². The molecule has 0 aromatic heterocycles. The average Bonchev–Trinajstić information content (AvgIpc) is 3.29. The fourth-order valence-corrected chi connectivity index (χ4v) is 5.40. The zero-order chi connectivity index (χ0) is 23.3. The van der Waals surface area contributed by atoms with Gasteiger partial charge in [-0.05, 0) is 38.0 Å². The van der Waals surface area contributed by atoms with E-state index in [0.717, 1.165) is 51.4 Å². The minimum Gasteiger partial charge on any atom is -0.463 e. The first kappa shape index (κ1) is 27.8. The van der Waals surface area contributed by atoms with Crippen molar-refractivity contribution in [2.45, 2.75) is 107 Å². The van der Waals surface area contributed by atoms with Crippen LogP contribution >= 0.6 is 15.9 Å². The Hall–Kier alpha value is -0.470. The van der Waals surface area contributed by atoms with Crippen molar-refractivity contribution in [1.29, 1.82) is 0 Å². The molecule has 7 heteroatoms. The number of halogens is 1. The van der Waals surface area contributed by atoms with E-state index in [2.05, 4.69) is 22.9 Å². The molecule has 7 atom stereocenters. The van der Waals surface area contributed by atoms with E-state index in [9.17, 15) is 15.0 Å². The summed E-state index contributed by atoms with van der Waals surface area (Å²) in [6.07, 6.45) is 11.7. The molecule has 2 N–H and O–H groups in total. The van der Waals surface area contributed by atoms with Crippen molar-refractivity contribution < 1.29 is 29.2 Å². The molecule has 1 aliphatic carbocycles. The smallest absolute Gasteiger partial charge is 0.305 e. The average molecular weight is 520 g/mol. The number of hydrogen-bond donors (Lipinski definition) is 2. The van der Waals surface area contributed by atoms with Gasteiger partial charge in [0.15, 0.2) is 0 Å². The number of rotatable bonds is 16. The lowest BCUT2D eigenvalue weighted by Gasteiger charge is -2.21. The highest BCUT2D eigenvalue weighted by Gasteiger charge is 2.49. The third kappa shape index (κ3) is 9.41. The minimum absolute atomic E-state index is 0.0374. The molecule has 32 heavy (non-hydrogen) atoms. The van der Waals surface area contributed by atoms with Gasteiger partial charge in [0.05, 0.1) is 31.0 Å². The first-order valence-corrected chi connectivity index (χ1v) is 13.4. The van der Waals surface area contributed by atoms with Gasteiger partial charge >= 0.3 is 5.97 Å². The summed E-state index contributed by atoms with van der Waals surface area (Å²) in [5.74, 6) is 0.137. The number of hydrogen-bond acceptors (Lipinski definition) is 6. The van der Waals surface area contributed by atoms with E-state index >= 15 is 0 Å². The standard InChI is InChI=1S/C25H43BrO6/c1-3-5-6-8-18(27)11-12-19-20-16-24(32-23(20)17-22(19)28)21(26)9-7-10-25(29)31-15-14-30-13-4-2/h11-12,18-24,27-28H,3-10,13-17H2,1-2H3/b12-11+/t18-,19+,20+,21?,22+,23+,24?/m0/s1. The monoisotopic (exact) mass is 518 g/mol. The highest BCUT2D eigenvalue weighted by molar-refractivity contribution is 9.09. The number of aliphatic hydroxyl groups excluding tert-OH is 2. The van der Waals surface area contributed by atoms with Crippen LogP contribution in [0.1, 0.15) is 78.1 Å². The van der Waals surface area contributed by atoms with Gasteiger partial charge in [-0.15, -0.1) is 0 Å². The molecule has 0 aromatic carbocycles. The summed E-state index contributed by atoms with van der Waals surface area (Å²) in [4.78, 5) is 12.0. The van der Waals surface area contributed by atoms with Gasteiger partial charge in [-0.3, -0.25) is 4.79 Å². The van der Waals surface area contributed by atoms with Crippen LogP contribution in [0.5, 0.6) is 0 Å². The van der Waals surface area contributed by atoms with Crippen LogP contribution in [0.15, 0.2) is 12.2 Å². The molecule has 6 nitrogen and oxygen atoms in total. The van der Waals surface area contributed by atoms with Crippen molar-refractivity contribution >= 4 is 21.9 Å². The third-order valence-electron chi connectivity index (χ3n) is 6.51. The predicted molar refractivity (Wildman–Crippen MR) is 129 cm³/mol. The molecule has 0 radical (unpaired) electrons. The largest absolute Gasteiger partial charge is 0.463 e. The Labute approximate surface area is 202 Å². The zero-order valence-corrected chi connectivity index (χ0v) is 21.4. The van der Waals surface area contributed by atoms with Gasteiger partial charge < -0.3 is 24.4 Å². The second-order valence-electron chi connectivity index (χ2n) is 9.18. The molecule has 2 fully saturated rings. The summed E-state index contributed by atoms with van der Waals surface area (Å²) >= 11 is 3.76. The van der Waals surface area contributed by atoms with Crippen LogP contribution in [-0.4, -0.2) is 65.2 Å². The minimum atomic E-state index is -0.437. The third-order valence-corrected chi connectivity index (χ3v) is 7.55. The van der Waals surface area contributed by atoms with Crippen molar-refractivity contribution in [2.24, 2.45) is 11.8 Å². The summed E-state index contributed by atoms with van der Waals surface area (Å²) in [5.41, 5.74) is 0. The molecule has 1 saturated heterocycles. The van der Waals surface area contributed by atoms with Crippen LogP contribution in [0, 0.1) is 11.8 Å². The van der Waals surface area contributed by atoms with Gasteiger partial charge in [0.1, 0.15) is 6.61 Å². The Bertz CT molecular complexity index is 557. The predicted octanol–water partition coefficient (Wildman–Crippen LogP) is 4.54. The molecule has 1 heterocycles. The topological polar surface area (TPSA) is 85.2 Å². The molecule has 1 aliphatic heterocycles. The van der Waals surface area contributed by atoms with Crippen molar-refractivity contribution in [3.8, 4) is 0 Å². The molecule has 0 aromatic rings. The van der Waals surface area contributed by atoms with Crippen molar-refractivity contribution in [3.05, 3.63) is 12.2 Å². The van der Waals surface area contributed by atoms with Gasteiger partial charge in [-0.1, -0.05) is 61.2 Å². The summed E-state index contributed by atoms with van der Waals surface area (Å²) in [6, 6.07) is 0. The molecule has 1 saturated carbocycles. The van der Waals surface area contributed by atoms with Crippen molar-refractivity contribution in [2.75, 3.05) is 19.8 Å². The van der Waals surface area contributed by atoms with Crippen molar-refractivity contribution in [1.82, 2.24) is 0 Å². The lowest BCUT2D eigenvalue weighted by Crippen LogP contribution is -2.24. The second kappa shape index (κ2) is 15.4. The Morgan fingerprint density at radius 2 is 1.94 bits per heavy atom. The lowest BCUT2D eigenvalue weighted by atomic mass is 9.89. The Kier molecular flexibility index (Phi) is 13.4.